The monoisotopic (exact) mass is 198 g/mol. The Bertz CT molecular complexity index is 220. The van der Waals surface area contributed by atoms with Crippen LogP contribution in [0.4, 0.5) is 0 Å². The van der Waals surface area contributed by atoms with E-state index in [0.717, 1.165) is 19.5 Å². The first kappa shape index (κ1) is 11.5. The molecule has 1 amide bonds. The highest BCUT2D eigenvalue weighted by molar-refractivity contribution is 5.81. The van der Waals surface area contributed by atoms with Crippen LogP contribution in [0.5, 0.6) is 0 Å². The van der Waals surface area contributed by atoms with Gasteiger partial charge in [0.2, 0.25) is 5.91 Å². The van der Waals surface area contributed by atoms with Gasteiger partial charge in [-0.15, -0.1) is 0 Å². The molecule has 1 fully saturated rings. The molecule has 0 radical (unpaired) electrons. The number of hydrogen-bond donors (Lipinski definition) is 0. The lowest BCUT2D eigenvalue weighted by atomic mass is 9.94. The molecule has 0 saturated carbocycles. The SMILES string of the molecule is CN1CCC(N(C)C(=O)C(C)(C)C)C1. The lowest BCUT2D eigenvalue weighted by Gasteiger charge is -2.30. The normalized spacial score (nSPS) is 23.9. The van der Waals surface area contributed by atoms with Crippen LogP contribution in [0.2, 0.25) is 0 Å². The van der Waals surface area contributed by atoms with Crippen molar-refractivity contribution in [2.45, 2.75) is 33.2 Å². The van der Waals surface area contributed by atoms with Crippen LogP contribution >= 0.6 is 0 Å². The molecule has 0 aromatic heterocycles. The van der Waals surface area contributed by atoms with Gasteiger partial charge >= 0.3 is 0 Å². The maximum atomic E-state index is 12.0. The molecule has 0 aromatic carbocycles. The zero-order chi connectivity index (χ0) is 10.9. The van der Waals surface area contributed by atoms with E-state index in [-0.39, 0.29) is 11.3 Å². The van der Waals surface area contributed by atoms with Crippen LogP contribution in [0.3, 0.4) is 0 Å². The number of carbonyl (C=O) groups is 1. The third-order valence-electron chi connectivity index (χ3n) is 2.88. The Balaban J connectivity index is 2.57. The Kier molecular flexibility index (Phi) is 3.20. The van der Waals surface area contributed by atoms with E-state index in [1.807, 2.05) is 32.7 Å². The quantitative estimate of drug-likeness (QED) is 0.632. The molecule has 1 heterocycles. The van der Waals surface area contributed by atoms with Crippen molar-refractivity contribution in [3.8, 4) is 0 Å². The van der Waals surface area contributed by atoms with Crippen LogP contribution in [0.15, 0.2) is 0 Å². The summed E-state index contributed by atoms with van der Waals surface area (Å²) >= 11 is 0. The average molecular weight is 198 g/mol. The molecule has 14 heavy (non-hydrogen) atoms. The second-order valence-corrected chi connectivity index (χ2v) is 5.37. The van der Waals surface area contributed by atoms with Gasteiger partial charge in [-0.05, 0) is 20.0 Å². The maximum Gasteiger partial charge on any atom is 0.227 e. The summed E-state index contributed by atoms with van der Waals surface area (Å²) in [5.74, 6) is 0.248. The second-order valence-electron chi connectivity index (χ2n) is 5.37. The topological polar surface area (TPSA) is 23.6 Å². The Morgan fingerprint density at radius 3 is 2.36 bits per heavy atom. The van der Waals surface area contributed by atoms with Gasteiger partial charge in [-0.2, -0.15) is 0 Å². The summed E-state index contributed by atoms with van der Waals surface area (Å²) in [6, 6.07) is 0.409. The van der Waals surface area contributed by atoms with Gasteiger partial charge < -0.3 is 9.80 Å². The summed E-state index contributed by atoms with van der Waals surface area (Å²) < 4.78 is 0. The van der Waals surface area contributed by atoms with E-state index in [0.29, 0.717) is 6.04 Å². The van der Waals surface area contributed by atoms with Gasteiger partial charge in [0.25, 0.3) is 0 Å². The molecule has 82 valence electrons. The molecular weight excluding hydrogens is 176 g/mol. The summed E-state index contributed by atoms with van der Waals surface area (Å²) in [4.78, 5) is 16.2. The van der Waals surface area contributed by atoms with Crippen molar-refractivity contribution in [3.63, 3.8) is 0 Å². The number of carbonyl (C=O) groups excluding carboxylic acids is 1. The van der Waals surface area contributed by atoms with Gasteiger partial charge in [0, 0.05) is 25.0 Å². The first-order chi connectivity index (χ1) is 6.32. The van der Waals surface area contributed by atoms with E-state index < -0.39 is 0 Å². The minimum absolute atomic E-state index is 0.248. The summed E-state index contributed by atoms with van der Waals surface area (Å²) in [6.45, 7) is 8.05. The van der Waals surface area contributed by atoms with E-state index in [9.17, 15) is 4.79 Å². The number of amides is 1. The van der Waals surface area contributed by atoms with Gasteiger partial charge in [-0.3, -0.25) is 4.79 Å². The minimum Gasteiger partial charge on any atom is -0.341 e. The van der Waals surface area contributed by atoms with Crippen LogP contribution in [-0.2, 0) is 4.79 Å². The third kappa shape index (κ3) is 2.47. The van der Waals surface area contributed by atoms with Gasteiger partial charge in [0.15, 0.2) is 0 Å². The van der Waals surface area contributed by atoms with Gasteiger partial charge in [0.05, 0.1) is 0 Å². The Morgan fingerprint density at radius 2 is 2.00 bits per heavy atom. The van der Waals surface area contributed by atoms with E-state index in [2.05, 4.69) is 11.9 Å². The molecule has 0 bridgehead atoms. The molecule has 0 aromatic rings. The first-order valence-electron chi connectivity index (χ1n) is 5.28. The van der Waals surface area contributed by atoms with Crippen molar-refractivity contribution in [2.24, 2.45) is 5.41 Å². The molecule has 3 nitrogen and oxygen atoms in total. The molecule has 1 saturated heterocycles. The number of nitrogens with zero attached hydrogens (tertiary/aromatic N) is 2. The van der Waals surface area contributed by atoms with E-state index in [4.69, 9.17) is 0 Å². The highest BCUT2D eigenvalue weighted by Gasteiger charge is 2.32. The summed E-state index contributed by atoms with van der Waals surface area (Å²) in [5.41, 5.74) is -0.254. The smallest absolute Gasteiger partial charge is 0.227 e. The number of rotatable bonds is 1. The van der Waals surface area contributed by atoms with Crippen molar-refractivity contribution in [1.29, 1.82) is 0 Å². The zero-order valence-corrected chi connectivity index (χ0v) is 10.0. The average Bonchev–Trinajstić information content (AvgIpc) is 2.47. The molecule has 0 spiro atoms. The van der Waals surface area contributed by atoms with Gasteiger partial charge in [-0.25, -0.2) is 0 Å². The van der Waals surface area contributed by atoms with Crippen molar-refractivity contribution in [2.75, 3.05) is 27.2 Å². The summed E-state index contributed by atoms with van der Waals surface area (Å²) in [6.07, 6.45) is 1.11. The largest absolute Gasteiger partial charge is 0.341 e. The van der Waals surface area contributed by atoms with Gasteiger partial charge in [-0.1, -0.05) is 20.8 Å². The molecule has 1 rings (SSSR count). The zero-order valence-electron chi connectivity index (χ0n) is 10.0. The molecule has 0 N–H and O–H groups in total. The van der Waals surface area contributed by atoms with Crippen molar-refractivity contribution in [3.05, 3.63) is 0 Å². The molecule has 0 aliphatic carbocycles. The fourth-order valence-electron chi connectivity index (χ4n) is 1.92. The Hall–Kier alpha value is -0.570. The minimum atomic E-state index is -0.254. The number of likely N-dealkylation sites (tertiary alicyclic amines) is 1. The van der Waals surface area contributed by atoms with Crippen molar-refractivity contribution < 1.29 is 4.79 Å². The summed E-state index contributed by atoms with van der Waals surface area (Å²) in [5, 5.41) is 0. The molecule has 1 aliphatic heterocycles. The predicted octanol–water partition coefficient (Wildman–Crippen LogP) is 1.19. The molecule has 1 atom stereocenters. The standard InChI is InChI=1S/C11H22N2O/c1-11(2,3)10(14)13(5)9-6-7-12(4)8-9/h9H,6-8H2,1-5H3. The predicted molar refractivity (Wildman–Crippen MR) is 58.1 cm³/mol. The lowest BCUT2D eigenvalue weighted by Crippen LogP contribution is -2.44. The van der Waals surface area contributed by atoms with Gasteiger partial charge in [0.1, 0.15) is 0 Å². The lowest BCUT2D eigenvalue weighted by molar-refractivity contribution is -0.140. The van der Waals surface area contributed by atoms with Crippen LogP contribution < -0.4 is 0 Å². The highest BCUT2D eigenvalue weighted by atomic mass is 16.2. The fraction of sp³-hybridized carbons (Fsp3) is 0.909. The third-order valence-corrected chi connectivity index (χ3v) is 2.88. The number of likely N-dealkylation sites (N-methyl/N-ethyl adjacent to an activating group) is 2. The molecule has 1 aliphatic rings. The van der Waals surface area contributed by atoms with Crippen LogP contribution in [0.25, 0.3) is 0 Å². The summed E-state index contributed by atoms with van der Waals surface area (Å²) in [7, 11) is 4.03. The van der Waals surface area contributed by atoms with Crippen LogP contribution in [0.1, 0.15) is 27.2 Å². The van der Waals surface area contributed by atoms with E-state index in [1.54, 1.807) is 0 Å². The van der Waals surface area contributed by atoms with Crippen molar-refractivity contribution in [1.82, 2.24) is 9.80 Å². The van der Waals surface area contributed by atoms with Crippen LogP contribution in [0, 0.1) is 5.41 Å². The van der Waals surface area contributed by atoms with Crippen LogP contribution in [-0.4, -0.2) is 48.9 Å². The second kappa shape index (κ2) is 3.89. The maximum absolute atomic E-state index is 12.0. The van der Waals surface area contributed by atoms with Crippen molar-refractivity contribution >= 4 is 5.91 Å². The molecule has 1 unspecified atom stereocenters. The Morgan fingerprint density at radius 1 is 1.43 bits per heavy atom. The number of hydrogen-bond acceptors (Lipinski definition) is 2. The fourth-order valence-corrected chi connectivity index (χ4v) is 1.92. The highest BCUT2D eigenvalue weighted by Crippen LogP contribution is 2.21. The van der Waals surface area contributed by atoms with E-state index >= 15 is 0 Å². The van der Waals surface area contributed by atoms with E-state index in [1.165, 1.54) is 0 Å². The Labute approximate surface area is 87.1 Å². The molecule has 3 heteroatoms. The first-order valence-corrected chi connectivity index (χ1v) is 5.28. The molecular formula is C11H22N2O.